The van der Waals surface area contributed by atoms with Crippen molar-refractivity contribution in [1.29, 1.82) is 0 Å². The summed E-state index contributed by atoms with van der Waals surface area (Å²) in [6.45, 7) is 0. The molecule has 2 fully saturated rings. The maximum Gasteiger partial charge on any atom is 0.240 e. The van der Waals surface area contributed by atoms with Gasteiger partial charge in [0, 0.05) is 11.8 Å². The van der Waals surface area contributed by atoms with Crippen LogP contribution in [0, 0.1) is 11.8 Å². The van der Waals surface area contributed by atoms with Gasteiger partial charge in [-0.15, -0.1) is 0 Å². The number of nitrogens with zero attached hydrogens (tertiary/aromatic N) is 3. The first-order valence-electron chi connectivity index (χ1n) is 9.72. The molecule has 30 heavy (non-hydrogen) atoms. The van der Waals surface area contributed by atoms with Gasteiger partial charge in [-0.05, 0) is 42.5 Å². The normalized spacial score (nSPS) is 26.7. The van der Waals surface area contributed by atoms with Crippen molar-refractivity contribution in [3.05, 3.63) is 72.3 Å². The number of ether oxygens (including phenoxy) is 1. The number of carbonyl (C=O) groups excluding carboxylic acids is 3. The Morgan fingerprint density at radius 3 is 2.37 bits per heavy atom. The van der Waals surface area contributed by atoms with Crippen molar-refractivity contribution in [2.75, 3.05) is 12.0 Å². The van der Waals surface area contributed by atoms with E-state index in [0.29, 0.717) is 17.0 Å². The van der Waals surface area contributed by atoms with Crippen LogP contribution in [0.25, 0.3) is 0 Å². The van der Waals surface area contributed by atoms with Gasteiger partial charge < -0.3 is 4.74 Å². The van der Waals surface area contributed by atoms with Gasteiger partial charge in [0.2, 0.25) is 11.8 Å². The maximum atomic E-state index is 13.5. The van der Waals surface area contributed by atoms with E-state index in [0.717, 1.165) is 0 Å². The Bertz CT molecular complexity index is 1080. The molecule has 0 unspecified atom stereocenters. The number of anilines is 1. The molecule has 0 radical (unpaired) electrons. The van der Waals surface area contributed by atoms with Crippen molar-refractivity contribution in [3.8, 4) is 5.75 Å². The fraction of sp³-hybridized carbons (Fsp3) is 0.217. The van der Waals surface area contributed by atoms with Crippen LogP contribution in [-0.4, -0.2) is 48.0 Å². The lowest BCUT2D eigenvalue weighted by molar-refractivity contribution is -0.123. The Morgan fingerprint density at radius 2 is 1.67 bits per heavy atom. The SMILES string of the molecule is COc1ccc(C(=O)[C@H]2[C@H]3C(=O)N(c4ccccc4)C(=O)[C@H]3[C@@H]3C=CC=NN32)cc1. The molecule has 2 saturated heterocycles. The summed E-state index contributed by atoms with van der Waals surface area (Å²) in [4.78, 5) is 41.4. The first-order chi connectivity index (χ1) is 14.6. The second-order valence-electron chi connectivity index (χ2n) is 7.46. The van der Waals surface area contributed by atoms with Crippen molar-refractivity contribution >= 4 is 29.5 Å². The molecule has 7 heteroatoms. The van der Waals surface area contributed by atoms with Gasteiger partial charge in [-0.2, -0.15) is 5.10 Å². The summed E-state index contributed by atoms with van der Waals surface area (Å²) in [6, 6.07) is 14.3. The summed E-state index contributed by atoms with van der Waals surface area (Å²) >= 11 is 0. The molecule has 2 aromatic carbocycles. The molecule has 2 aromatic rings. The highest BCUT2D eigenvalue weighted by Gasteiger charge is 2.64. The topological polar surface area (TPSA) is 79.3 Å². The molecule has 3 heterocycles. The zero-order valence-corrected chi connectivity index (χ0v) is 16.2. The molecule has 2 amide bonds. The van der Waals surface area contributed by atoms with Crippen molar-refractivity contribution < 1.29 is 19.1 Å². The van der Waals surface area contributed by atoms with E-state index in [1.165, 1.54) is 4.90 Å². The molecular weight excluding hydrogens is 382 g/mol. The van der Waals surface area contributed by atoms with Crippen LogP contribution in [0.1, 0.15) is 10.4 Å². The number of methoxy groups -OCH3 is 1. The van der Waals surface area contributed by atoms with Crippen LogP contribution in [0.5, 0.6) is 5.75 Å². The molecule has 7 nitrogen and oxygen atoms in total. The van der Waals surface area contributed by atoms with Crippen LogP contribution in [0.4, 0.5) is 5.69 Å². The maximum absolute atomic E-state index is 13.5. The van der Waals surface area contributed by atoms with E-state index in [9.17, 15) is 14.4 Å². The van der Waals surface area contributed by atoms with E-state index in [2.05, 4.69) is 5.10 Å². The fourth-order valence-electron chi connectivity index (χ4n) is 4.59. The Labute approximate surface area is 173 Å². The molecule has 3 aliphatic heterocycles. The molecule has 0 aromatic heterocycles. The number of amides is 2. The molecule has 0 N–H and O–H groups in total. The number of hydrogen-bond acceptors (Lipinski definition) is 6. The standard InChI is InChI=1S/C23H19N3O4/c1-30-16-11-9-14(10-12-16)21(27)20-19-18(17-8-5-13-24-26(17)20)22(28)25(23(19)29)15-6-3-2-4-7-15/h2-13,17-20H,1H3/t17-,18-,19-,20+/m0/s1. The molecule has 3 aliphatic rings. The molecule has 0 spiro atoms. The number of fused-ring (bicyclic) bond motifs is 3. The van der Waals surface area contributed by atoms with Gasteiger partial charge >= 0.3 is 0 Å². The summed E-state index contributed by atoms with van der Waals surface area (Å²) in [5.41, 5.74) is 0.968. The van der Waals surface area contributed by atoms with Gasteiger partial charge in [0.05, 0.1) is 30.7 Å². The summed E-state index contributed by atoms with van der Waals surface area (Å²) in [5, 5.41) is 5.97. The number of ketones is 1. The quantitative estimate of drug-likeness (QED) is 0.580. The molecular formula is C23H19N3O4. The zero-order chi connectivity index (χ0) is 20.8. The molecule has 0 aliphatic carbocycles. The van der Waals surface area contributed by atoms with E-state index >= 15 is 0 Å². The van der Waals surface area contributed by atoms with Crippen molar-refractivity contribution in [1.82, 2.24) is 5.01 Å². The van der Waals surface area contributed by atoms with E-state index in [4.69, 9.17) is 4.74 Å². The first kappa shape index (κ1) is 18.3. The summed E-state index contributed by atoms with van der Waals surface area (Å²) in [5.74, 6) is -1.71. The Hall–Kier alpha value is -3.74. The van der Waals surface area contributed by atoms with Gasteiger partial charge in [-0.25, -0.2) is 4.90 Å². The van der Waals surface area contributed by atoms with Crippen LogP contribution in [-0.2, 0) is 9.59 Å². The van der Waals surface area contributed by atoms with Crippen LogP contribution in [0.2, 0.25) is 0 Å². The predicted molar refractivity (Wildman–Crippen MR) is 110 cm³/mol. The summed E-state index contributed by atoms with van der Waals surface area (Å²) < 4.78 is 5.16. The second-order valence-corrected chi connectivity index (χ2v) is 7.46. The zero-order valence-electron chi connectivity index (χ0n) is 16.2. The third kappa shape index (κ3) is 2.58. The Morgan fingerprint density at radius 1 is 0.967 bits per heavy atom. The van der Waals surface area contributed by atoms with Crippen LogP contribution in [0.15, 0.2) is 71.9 Å². The van der Waals surface area contributed by atoms with Crippen molar-refractivity contribution in [3.63, 3.8) is 0 Å². The minimum absolute atomic E-state index is 0.237. The molecule has 4 atom stereocenters. The molecule has 0 bridgehead atoms. The van der Waals surface area contributed by atoms with E-state index in [1.54, 1.807) is 72.9 Å². The third-order valence-electron chi connectivity index (χ3n) is 5.95. The number of Topliss-reactive ketones (excluding diaryl/α,β-unsaturated/α-hetero) is 1. The van der Waals surface area contributed by atoms with Crippen LogP contribution >= 0.6 is 0 Å². The van der Waals surface area contributed by atoms with E-state index < -0.39 is 23.9 Å². The summed E-state index contributed by atoms with van der Waals surface area (Å²) in [6.07, 6.45) is 5.17. The number of carbonyl (C=O) groups is 3. The predicted octanol–water partition coefficient (Wildman–Crippen LogP) is 2.29. The fourth-order valence-corrected chi connectivity index (χ4v) is 4.59. The van der Waals surface area contributed by atoms with Gasteiger partial charge in [0.1, 0.15) is 11.8 Å². The minimum Gasteiger partial charge on any atom is -0.497 e. The average molecular weight is 401 g/mol. The van der Waals surface area contributed by atoms with Gasteiger partial charge in [0.15, 0.2) is 5.78 Å². The highest BCUT2D eigenvalue weighted by molar-refractivity contribution is 6.24. The van der Waals surface area contributed by atoms with E-state index in [-0.39, 0.29) is 17.6 Å². The highest BCUT2D eigenvalue weighted by atomic mass is 16.5. The lowest BCUT2D eigenvalue weighted by Crippen LogP contribution is -2.46. The third-order valence-corrected chi connectivity index (χ3v) is 5.95. The van der Waals surface area contributed by atoms with Gasteiger partial charge in [0.25, 0.3) is 0 Å². The lowest BCUT2D eigenvalue weighted by Gasteiger charge is -2.30. The van der Waals surface area contributed by atoms with E-state index in [1.807, 2.05) is 12.1 Å². The Balaban J connectivity index is 1.56. The number of hydrazone groups is 1. The number of allylic oxidation sites excluding steroid dienone is 1. The molecule has 0 saturated carbocycles. The number of hydrogen-bond donors (Lipinski definition) is 0. The smallest absolute Gasteiger partial charge is 0.240 e. The number of para-hydroxylation sites is 1. The minimum atomic E-state index is -0.847. The Kier molecular flexibility index (Phi) is 4.24. The molecule has 5 rings (SSSR count). The number of rotatable bonds is 4. The first-order valence-corrected chi connectivity index (χ1v) is 9.72. The second kappa shape index (κ2) is 6.95. The largest absolute Gasteiger partial charge is 0.497 e. The van der Waals surface area contributed by atoms with Crippen molar-refractivity contribution in [2.45, 2.75) is 12.1 Å². The lowest BCUT2D eigenvalue weighted by atomic mass is 9.86. The van der Waals surface area contributed by atoms with Gasteiger partial charge in [-0.3, -0.25) is 19.4 Å². The van der Waals surface area contributed by atoms with Crippen LogP contribution in [0.3, 0.4) is 0 Å². The van der Waals surface area contributed by atoms with Gasteiger partial charge in [-0.1, -0.05) is 24.3 Å². The van der Waals surface area contributed by atoms with Crippen LogP contribution < -0.4 is 9.64 Å². The number of benzene rings is 2. The number of imide groups is 1. The highest BCUT2D eigenvalue weighted by Crippen LogP contribution is 2.46. The summed E-state index contributed by atoms with van der Waals surface area (Å²) in [7, 11) is 1.55. The monoisotopic (exact) mass is 401 g/mol. The average Bonchev–Trinajstić information content (AvgIpc) is 3.26. The van der Waals surface area contributed by atoms with Crippen molar-refractivity contribution in [2.24, 2.45) is 16.9 Å². The molecule has 150 valence electrons.